The minimum Gasteiger partial charge on any atom is -0.748 e. The zero-order chi connectivity index (χ0) is 11.6. The van der Waals surface area contributed by atoms with Crippen LogP contribution in [0.2, 0.25) is 0 Å². The summed E-state index contributed by atoms with van der Waals surface area (Å²) in [6.07, 6.45) is 0. The molecule has 0 fully saturated rings. The number of halogens is 4. The van der Waals surface area contributed by atoms with Crippen molar-refractivity contribution in [3.05, 3.63) is 60.7 Å². The smallest absolute Gasteiger partial charge is 0.748 e. The summed E-state index contributed by atoms with van der Waals surface area (Å²) < 4.78 is 0. The van der Waals surface area contributed by atoms with E-state index in [9.17, 15) is 0 Å². The van der Waals surface area contributed by atoms with Crippen molar-refractivity contribution < 1.29 is 26.8 Å². The average Bonchev–Trinajstić information content (AvgIpc) is 2.81. The Bertz CT molecular complexity index is 220. The zero-order valence-corrected chi connectivity index (χ0v) is 13.7. The molecule has 16 heavy (non-hydrogen) atoms. The third-order valence-electron chi connectivity index (χ3n) is 1.11. The van der Waals surface area contributed by atoms with Crippen LogP contribution in [-0.4, -0.2) is 0 Å². The van der Waals surface area contributed by atoms with Crippen LogP contribution in [0, 0.1) is 0 Å². The Balaban J connectivity index is 0. The van der Waals surface area contributed by atoms with Gasteiger partial charge in [-0.3, -0.25) is 0 Å². The summed E-state index contributed by atoms with van der Waals surface area (Å²) in [6, 6.07) is 20.0. The molecule has 0 bridgehead atoms. The maximum Gasteiger partial charge on any atom is 5.00 e. The van der Waals surface area contributed by atoms with Crippen molar-refractivity contribution in [2.24, 2.45) is 0 Å². The first-order valence-corrected chi connectivity index (χ1v) is 11.0. The molecule has 0 aliphatic heterocycles. The third kappa shape index (κ3) is 24.2. The molecule has 0 saturated carbocycles. The number of hydrogen-bond donors (Lipinski definition) is 0. The maximum atomic E-state index is 4.98. The van der Waals surface area contributed by atoms with Crippen molar-refractivity contribution in [3.8, 4) is 0 Å². The molecule has 0 spiro atoms. The molecule has 0 aliphatic rings. The fourth-order valence-corrected chi connectivity index (χ4v) is 0.642. The summed E-state index contributed by atoms with van der Waals surface area (Å²) in [5.41, 5.74) is 0. The first-order chi connectivity index (χ1) is 7.00. The van der Waals surface area contributed by atoms with Gasteiger partial charge in [-0.15, -0.1) is 0 Å². The molecule has 0 atom stereocenters. The molecule has 2 rings (SSSR count). The first kappa shape index (κ1) is 19.3. The topological polar surface area (TPSA) is 0 Å². The Morgan fingerprint density at radius 3 is 0.562 bits per heavy atom. The second-order valence-electron chi connectivity index (χ2n) is 2.27. The molecule has 2 aromatic rings. The van der Waals surface area contributed by atoms with Gasteiger partial charge < -0.3 is 60.7 Å². The summed E-state index contributed by atoms with van der Waals surface area (Å²) in [5, 5.41) is 0. The van der Waals surface area contributed by atoms with Crippen molar-refractivity contribution in [1.29, 1.82) is 0 Å². The molecule has 95 valence electrons. The van der Waals surface area contributed by atoms with E-state index in [4.69, 9.17) is 40.2 Å². The summed E-state index contributed by atoms with van der Waals surface area (Å²) in [7, 11) is 17.1. The second kappa shape index (κ2) is 12.4. The van der Waals surface area contributed by atoms with Crippen LogP contribution in [0.1, 0.15) is 0 Å². The molecule has 2 aromatic carbocycles. The summed E-state index contributed by atoms with van der Waals surface area (Å²) in [5.74, 6) is 0. The van der Waals surface area contributed by atoms with Crippen LogP contribution >= 0.6 is 40.2 Å². The second-order valence-corrected chi connectivity index (χ2v) is 14.9. The predicted molar refractivity (Wildman–Crippen MR) is 67.5 cm³/mol. The van der Waals surface area contributed by atoms with Crippen LogP contribution in [0.3, 0.4) is 0 Å². The molecule has 0 N–H and O–H groups in total. The van der Waals surface area contributed by atoms with Crippen molar-refractivity contribution in [3.63, 3.8) is 0 Å². The van der Waals surface area contributed by atoms with Crippen LogP contribution in [0.5, 0.6) is 0 Å². The van der Waals surface area contributed by atoms with Gasteiger partial charge in [0.05, 0.1) is 0 Å². The van der Waals surface area contributed by atoms with Crippen LogP contribution in [-0.2, 0) is 26.8 Å². The Morgan fingerprint density at radius 2 is 0.500 bits per heavy atom. The van der Waals surface area contributed by atoms with E-state index < -0.39 is 9.39 Å². The number of hydrogen-bond acceptors (Lipinski definition) is 0. The predicted octanol–water partition coefficient (Wildman–Crippen LogP) is 5.56. The summed E-state index contributed by atoms with van der Waals surface area (Å²) in [6.45, 7) is 0. The van der Waals surface area contributed by atoms with Crippen molar-refractivity contribution >= 4 is 40.2 Å². The molecule has 6 heteroatoms. The fraction of sp³-hybridized carbons (Fsp3) is 0. The average molecular weight is 376 g/mol. The van der Waals surface area contributed by atoms with E-state index in [1.807, 2.05) is 60.7 Å². The largest absolute Gasteiger partial charge is 5.00 e. The normalized spacial score (nSPS) is 9.75. The van der Waals surface area contributed by atoms with E-state index in [0.29, 0.717) is 0 Å². The Morgan fingerprint density at radius 1 is 0.438 bits per heavy atom. The van der Waals surface area contributed by atoms with E-state index in [0.717, 1.165) is 0 Å². The Kier molecular flexibility index (Phi) is 14.9. The van der Waals surface area contributed by atoms with Crippen LogP contribution in [0.4, 0.5) is 0 Å². The maximum absolute atomic E-state index is 4.98. The first-order valence-electron chi connectivity index (χ1n) is 3.95. The molecule has 0 aromatic heterocycles. The minimum atomic E-state index is -2.86. The molecular weight excluding hydrogens is 366 g/mol. The van der Waals surface area contributed by atoms with E-state index >= 15 is 0 Å². The van der Waals surface area contributed by atoms with Crippen LogP contribution in [0.15, 0.2) is 60.7 Å². The van der Waals surface area contributed by atoms with Gasteiger partial charge in [-0.2, -0.15) is 0 Å². The quantitative estimate of drug-likeness (QED) is 0.528. The molecule has 0 unspecified atom stereocenters. The van der Waals surface area contributed by atoms with Gasteiger partial charge in [0.25, 0.3) is 0 Å². The number of rotatable bonds is 0. The standard InChI is InChI=1S/2C5H5.4ClH.2Cr/c2*1-2-4-5-3-1;;;;;;/h2*1-5H;4*1H;;/q2*-5;;;;;+4;+5/p-4. The summed E-state index contributed by atoms with van der Waals surface area (Å²) in [4.78, 5) is 0. The van der Waals surface area contributed by atoms with E-state index in [-0.39, 0.29) is 17.4 Å². The SMILES string of the molecule is [Cl][Cr]([Cl])([Cl])[Cl].[Cr+5].[cH-]1[cH-][cH-][cH-][cH-]1.[cH-]1[cH-][cH-][cH-][cH-]1. The zero-order valence-electron chi connectivity index (χ0n) is 8.10. The molecule has 0 amide bonds. The van der Waals surface area contributed by atoms with Crippen LogP contribution < -0.4 is 0 Å². The molecule has 0 saturated heterocycles. The van der Waals surface area contributed by atoms with Gasteiger partial charge in [0.15, 0.2) is 0 Å². The van der Waals surface area contributed by atoms with E-state index in [1.165, 1.54) is 0 Å². The molecule has 1 radical (unpaired) electrons. The van der Waals surface area contributed by atoms with Crippen molar-refractivity contribution in [2.75, 3.05) is 0 Å². The molecule has 0 nitrogen and oxygen atoms in total. The van der Waals surface area contributed by atoms with Crippen molar-refractivity contribution in [2.45, 2.75) is 0 Å². The third-order valence-corrected chi connectivity index (χ3v) is 1.11. The van der Waals surface area contributed by atoms with E-state index in [1.54, 1.807) is 0 Å². The van der Waals surface area contributed by atoms with Gasteiger partial charge in [-0.25, -0.2) is 0 Å². The minimum absolute atomic E-state index is 0. The van der Waals surface area contributed by atoms with Gasteiger partial charge in [-0.1, -0.05) is 0 Å². The molecule has 0 aliphatic carbocycles. The fourth-order valence-electron chi connectivity index (χ4n) is 0.642. The van der Waals surface area contributed by atoms with Gasteiger partial charge >= 0.3 is 66.9 Å². The molecule has 0 heterocycles. The van der Waals surface area contributed by atoms with Gasteiger partial charge in [-0.05, 0) is 0 Å². The Hall–Kier alpha value is 0.925. The van der Waals surface area contributed by atoms with Crippen molar-refractivity contribution in [1.82, 2.24) is 0 Å². The van der Waals surface area contributed by atoms with E-state index in [2.05, 4.69) is 0 Å². The molecular formula is C10H10Cl4Cr2-5. The van der Waals surface area contributed by atoms with Gasteiger partial charge in [0, 0.05) is 0 Å². The van der Waals surface area contributed by atoms with Crippen LogP contribution in [0.25, 0.3) is 0 Å². The monoisotopic (exact) mass is 374 g/mol. The van der Waals surface area contributed by atoms with Gasteiger partial charge in [0.1, 0.15) is 0 Å². The van der Waals surface area contributed by atoms with Gasteiger partial charge in [0.2, 0.25) is 0 Å². The Labute approximate surface area is 126 Å². The summed E-state index contributed by atoms with van der Waals surface area (Å²) >= 11 is 0.